The second-order valence-corrected chi connectivity index (χ2v) is 6.36. The van der Waals surface area contributed by atoms with Gasteiger partial charge in [-0.25, -0.2) is 0 Å². The van der Waals surface area contributed by atoms with E-state index in [-0.39, 0.29) is 11.9 Å². The Hall–Kier alpha value is -2.05. The van der Waals surface area contributed by atoms with Gasteiger partial charge in [0, 0.05) is 19.6 Å². The highest BCUT2D eigenvalue weighted by atomic mass is 16.5. The van der Waals surface area contributed by atoms with E-state index in [9.17, 15) is 4.79 Å². The van der Waals surface area contributed by atoms with Crippen LogP contribution in [-0.2, 0) is 11.3 Å². The molecule has 0 saturated carbocycles. The summed E-state index contributed by atoms with van der Waals surface area (Å²) in [6.07, 6.45) is 5.18. The minimum Gasteiger partial charge on any atom is -0.467 e. The lowest BCUT2D eigenvalue weighted by molar-refractivity contribution is 0.0313. The maximum Gasteiger partial charge on any atom is 0.257 e. The van der Waals surface area contributed by atoms with Gasteiger partial charge in [-0.15, -0.1) is 0 Å². The van der Waals surface area contributed by atoms with Gasteiger partial charge >= 0.3 is 0 Å². The zero-order chi connectivity index (χ0) is 16.4. The van der Waals surface area contributed by atoms with Crippen LogP contribution in [0, 0.1) is 0 Å². The SMILES string of the molecule is O=C(c1coc(CN2CCOCC2)c1)N1CCCC1c1ccco1. The average molecular weight is 330 g/mol. The van der Waals surface area contributed by atoms with Crippen LogP contribution in [0.1, 0.15) is 40.8 Å². The number of carbonyl (C=O) groups excluding carboxylic acids is 1. The first-order valence-electron chi connectivity index (χ1n) is 8.53. The molecule has 0 radical (unpaired) electrons. The van der Waals surface area contributed by atoms with E-state index >= 15 is 0 Å². The molecule has 2 aromatic heterocycles. The maximum absolute atomic E-state index is 12.8. The lowest BCUT2D eigenvalue weighted by Gasteiger charge is -2.25. The van der Waals surface area contributed by atoms with Crippen LogP contribution in [-0.4, -0.2) is 48.6 Å². The second kappa shape index (κ2) is 6.83. The predicted octanol–water partition coefficient (Wildman–Crippen LogP) is 2.68. The van der Waals surface area contributed by atoms with Crippen LogP contribution < -0.4 is 0 Å². The van der Waals surface area contributed by atoms with E-state index in [1.165, 1.54) is 0 Å². The summed E-state index contributed by atoms with van der Waals surface area (Å²) in [7, 11) is 0. The number of nitrogens with zero attached hydrogens (tertiary/aromatic N) is 2. The number of likely N-dealkylation sites (tertiary alicyclic amines) is 1. The first-order valence-corrected chi connectivity index (χ1v) is 8.53. The Morgan fingerprint density at radius 2 is 2.08 bits per heavy atom. The number of ether oxygens (including phenoxy) is 1. The first kappa shape index (κ1) is 15.5. The molecule has 2 aromatic rings. The van der Waals surface area contributed by atoms with E-state index in [0.29, 0.717) is 5.56 Å². The molecule has 2 aliphatic rings. The van der Waals surface area contributed by atoms with Gasteiger partial charge in [0.2, 0.25) is 0 Å². The van der Waals surface area contributed by atoms with E-state index in [1.54, 1.807) is 12.5 Å². The van der Waals surface area contributed by atoms with Crippen molar-refractivity contribution in [2.45, 2.75) is 25.4 Å². The molecule has 6 nitrogen and oxygen atoms in total. The van der Waals surface area contributed by atoms with Crippen molar-refractivity contribution in [2.75, 3.05) is 32.8 Å². The molecule has 2 fully saturated rings. The molecule has 0 bridgehead atoms. The number of hydrogen-bond donors (Lipinski definition) is 0. The molecule has 6 heteroatoms. The van der Waals surface area contributed by atoms with Gasteiger partial charge in [-0.05, 0) is 31.0 Å². The zero-order valence-corrected chi connectivity index (χ0v) is 13.6. The van der Waals surface area contributed by atoms with Gasteiger partial charge in [0.1, 0.15) is 17.8 Å². The minimum atomic E-state index is 0.0193. The van der Waals surface area contributed by atoms with Gasteiger partial charge in [0.25, 0.3) is 5.91 Å². The number of hydrogen-bond acceptors (Lipinski definition) is 5. The Bertz CT molecular complexity index is 673. The van der Waals surface area contributed by atoms with E-state index in [4.69, 9.17) is 13.6 Å². The Morgan fingerprint density at radius 3 is 2.88 bits per heavy atom. The predicted molar refractivity (Wildman–Crippen MR) is 86.5 cm³/mol. The summed E-state index contributed by atoms with van der Waals surface area (Å²) in [5.41, 5.74) is 0.622. The second-order valence-electron chi connectivity index (χ2n) is 6.36. The number of morpholine rings is 1. The third-order valence-electron chi connectivity index (χ3n) is 4.77. The van der Waals surface area contributed by atoms with Crippen molar-refractivity contribution in [3.63, 3.8) is 0 Å². The number of rotatable bonds is 4. The van der Waals surface area contributed by atoms with Gasteiger partial charge < -0.3 is 18.5 Å². The van der Waals surface area contributed by atoms with Crippen LogP contribution in [0.4, 0.5) is 0 Å². The van der Waals surface area contributed by atoms with Crippen molar-refractivity contribution in [1.82, 2.24) is 9.80 Å². The van der Waals surface area contributed by atoms with Crippen LogP contribution in [0.2, 0.25) is 0 Å². The number of furan rings is 2. The van der Waals surface area contributed by atoms with Gasteiger partial charge in [0.15, 0.2) is 0 Å². The zero-order valence-electron chi connectivity index (χ0n) is 13.6. The van der Waals surface area contributed by atoms with Crippen LogP contribution in [0.25, 0.3) is 0 Å². The molecule has 4 rings (SSSR count). The molecule has 4 heterocycles. The monoisotopic (exact) mass is 330 g/mol. The number of carbonyl (C=O) groups is 1. The van der Waals surface area contributed by atoms with Gasteiger partial charge in [-0.1, -0.05) is 0 Å². The molecule has 24 heavy (non-hydrogen) atoms. The van der Waals surface area contributed by atoms with Crippen molar-refractivity contribution < 1.29 is 18.4 Å². The molecule has 1 atom stereocenters. The van der Waals surface area contributed by atoms with E-state index in [2.05, 4.69) is 4.90 Å². The first-order chi connectivity index (χ1) is 11.8. The quantitative estimate of drug-likeness (QED) is 0.862. The highest BCUT2D eigenvalue weighted by Crippen LogP contribution is 2.33. The summed E-state index contributed by atoms with van der Waals surface area (Å²) >= 11 is 0. The summed E-state index contributed by atoms with van der Waals surface area (Å²) in [6.45, 7) is 4.79. The third kappa shape index (κ3) is 3.12. The molecule has 1 amide bonds. The van der Waals surface area contributed by atoms with Crippen LogP contribution in [0.15, 0.2) is 39.6 Å². The van der Waals surface area contributed by atoms with Gasteiger partial charge in [-0.3, -0.25) is 9.69 Å². The third-order valence-corrected chi connectivity index (χ3v) is 4.77. The Kier molecular flexibility index (Phi) is 4.40. The molecule has 0 aliphatic carbocycles. The van der Waals surface area contributed by atoms with Crippen molar-refractivity contribution >= 4 is 5.91 Å². The molecule has 0 spiro atoms. The molecular formula is C18H22N2O4. The van der Waals surface area contributed by atoms with E-state index in [0.717, 1.165) is 63.8 Å². The molecule has 2 aliphatic heterocycles. The fourth-order valence-electron chi connectivity index (χ4n) is 3.51. The topological polar surface area (TPSA) is 59.1 Å². The smallest absolute Gasteiger partial charge is 0.257 e. The lowest BCUT2D eigenvalue weighted by Crippen LogP contribution is -2.35. The maximum atomic E-state index is 12.8. The average Bonchev–Trinajstić information content (AvgIpc) is 3.35. The van der Waals surface area contributed by atoms with Gasteiger partial charge in [0.05, 0.1) is 37.6 Å². The summed E-state index contributed by atoms with van der Waals surface area (Å²) in [6, 6.07) is 5.71. The standard InChI is InChI=1S/C18H22N2O4/c21-18(20-5-1-3-16(20)17-4-2-8-23-17)14-11-15(24-13-14)12-19-6-9-22-10-7-19/h2,4,8,11,13,16H,1,3,5-7,9-10,12H2. The summed E-state index contributed by atoms with van der Waals surface area (Å²) in [4.78, 5) is 17.0. The van der Waals surface area contributed by atoms with Crippen molar-refractivity contribution in [2.24, 2.45) is 0 Å². The molecule has 2 saturated heterocycles. The molecule has 1 unspecified atom stereocenters. The summed E-state index contributed by atoms with van der Waals surface area (Å²) < 4.78 is 16.5. The lowest BCUT2D eigenvalue weighted by atomic mass is 10.1. The van der Waals surface area contributed by atoms with Gasteiger partial charge in [-0.2, -0.15) is 0 Å². The van der Waals surface area contributed by atoms with E-state index in [1.807, 2.05) is 23.1 Å². The number of amides is 1. The molecule has 128 valence electrons. The van der Waals surface area contributed by atoms with Crippen molar-refractivity contribution in [3.8, 4) is 0 Å². The Morgan fingerprint density at radius 1 is 1.21 bits per heavy atom. The Labute approximate surface area is 141 Å². The Balaban J connectivity index is 1.44. The fraction of sp³-hybridized carbons (Fsp3) is 0.500. The fourth-order valence-corrected chi connectivity index (χ4v) is 3.51. The highest BCUT2D eigenvalue weighted by molar-refractivity contribution is 5.94. The van der Waals surface area contributed by atoms with Crippen LogP contribution in [0.3, 0.4) is 0 Å². The largest absolute Gasteiger partial charge is 0.467 e. The van der Waals surface area contributed by atoms with Crippen LogP contribution >= 0.6 is 0 Å². The minimum absolute atomic E-state index is 0.0193. The van der Waals surface area contributed by atoms with Crippen molar-refractivity contribution in [3.05, 3.63) is 47.8 Å². The normalized spacial score (nSPS) is 22.2. The van der Waals surface area contributed by atoms with Crippen LogP contribution in [0.5, 0.6) is 0 Å². The molecule has 0 N–H and O–H groups in total. The summed E-state index contributed by atoms with van der Waals surface area (Å²) in [5, 5.41) is 0. The van der Waals surface area contributed by atoms with E-state index < -0.39 is 0 Å². The highest BCUT2D eigenvalue weighted by Gasteiger charge is 2.33. The van der Waals surface area contributed by atoms with Crippen molar-refractivity contribution in [1.29, 1.82) is 0 Å². The molecule has 0 aromatic carbocycles. The summed E-state index contributed by atoms with van der Waals surface area (Å²) in [5.74, 6) is 1.71. The molecular weight excluding hydrogens is 308 g/mol.